The first-order chi connectivity index (χ1) is 10.7. The lowest BCUT2D eigenvalue weighted by Gasteiger charge is -2.32. The van der Waals surface area contributed by atoms with Crippen LogP contribution in [0.1, 0.15) is 43.6 Å². The van der Waals surface area contributed by atoms with Gasteiger partial charge in [0.15, 0.2) is 0 Å². The molecule has 1 aromatic heterocycles. The van der Waals surface area contributed by atoms with Crippen LogP contribution in [0.3, 0.4) is 0 Å². The standard InChI is InChI=1S/C16H28N4O2S/c1-11(2)8-15-12(3)18-16(19-13(15)4)20-7-5-6-14(9-20)10-23(17,21)22/h11,14H,5-10H2,1-4H3,(H2,17,21,22). The molecule has 0 amide bonds. The van der Waals surface area contributed by atoms with Crippen molar-refractivity contribution in [1.82, 2.24) is 9.97 Å². The van der Waals surface area contributed by atoms with E-state index in [1.54, 1.807) is 0 Å². The average molecular weight is 340 g/mol. The number of rotatable bonds is 5. The van der Waals surface area contributed by atoms with Crippen molar-refractivity contribution >= 4 is 16.0 Å². The summed E-state index contributed by atoms with van der Waals surface area (Å²) in [5, 5.41) is 5.19. The fraction of sp³-hybridized carbons (Fsp3) is 0.750. The van der Waals surface area contributed by atoms with Gasteiger partial charge in [0.05, 0.1) is 5.75 Å². The molecule has 0 saturated carbocycles. The molecule has 2 rings (SSSR count). The minimum Gasteiger partial charge on any atom is -0.341 e. The van der Waals surface area contributed by atoms with Gasteiger partial charge in [-0.3, -0.25) is 0 Å². The second kappa shape index (κ2) is 7.13. The Hall–Kier alpha value is -1.21. The van der Waals surface area contributed by atoms with E-state index in [9.17, 15) is 8.42 Å². The lowest BCUT2D eigenvalue weighted by Crippen LogP contribution is -2.40. The minimum atomic E-state index is -3.43. The highest BCUT2D eigenvalue weighted by Gasteiger charge is 2.25. The molecule has 0 aliphatic carbocycles. The van der Waals surface area contributed by atoms with Crippen molar-refractivity contribution < 1.29 is 8.42 Å². The number of piperidine rings is 1. The lowest BCUT2D eigenvalue weighted by molar-refractivity contribution is 0.439. The number of anilines is 1. The summed E-state index contributed by atoms with van der Waals surface area (Å²) in [6.07, 6.45) is 2.80. The summed E-state index contributed by atoms with van der Waals surface area (Å²) >= 11 is 0. The molecule has 1 atom stereocenters. The van der Waals surface area contributed by atoms with Crippen LogP contribution in [0.5, 0.6) is 0 Å². The van der Waals surface area contributed by atoms with E-state index in [2.05, 4.69) is 28.7 Å². The van der Waals surface area contributed by atoms with Crippen LogP contribution in [0.25, 0.3) is 0 Å². The Morgan fingerprint density at radius 3 is 2.39 bits per heavy atom. The normalized spacial score (nSPS) is 19.4. The molecule has 1 fully saturated rings. The van der Waals surface area contributed by atoms with Crippen LogP contribution in [-0.4, -0.2) is 37.2 Å². The van der Waals surface area contributed by atoms with Crippen LogP contribution in [0.4, 0.5) is 5.95 Å². The van der Waals surface area contributed by atoms with Crippen LogP contribution in [0.2, 0.25) is 0 Å². The van der Waals surface area contributed by atoms with Crippen LogP contribution in [-0.2, 0) is 16.4 Å². The van der Waals surface area contributed by atoms with Crippen molar-refractivity contribution in [2.24, 2.45) is 17.0 Å². The Bertz CT molecular complexity index is 635. The summed E-state index contributed by atoms with van der Waals surface area (Å²) in [5.74, 6) is 1.37. The molecular weight excluding hydrogens is 312 g/mol. The average Bonchev–Trinajstić information content (AvgIpc) is 2.41. The second-order valence-electron chi connectivity index (χ2n) is 7.05. The molecule has 0 radical (unpaired) electrons. The molecule has 1 unspecified atom stereocenters. The van der Waals surface area contributed by atoms with Crippen LogP contribution < -0.4 is 10.0 Å². The number of sulfonamides is 1. The molecule has 1 saturated heterocycles. The molecule has 1 aliphatic heterocycles. The van der Waals surface area contributed by atoms with E-state index in [-0.39, 0.29) is 11.7 Å². The molecule has 6 nitrogen and oxygen atoms in total. The van der Waals surface area contributed by atoms with E-state index in [4.69, 9.17) is 5.14 Å². The fourth-order valence-electron chi connectivity index (χ4n) is 3.28. The van der Waals surface area contributed by atoms with Gasteiger partial charge < -0.3 is 4.90 Å². The van der Waals surface area contributed by atoms with Gasteiger partial charge in [-0.15, -0.1) is 0 Å². The van der Waals surface area contributed by atoms with Crippen molar-refractivity contribution in [2.45, 2.75) is 47.0 Å². The van der Waals surface area contributed by atoms with Crippen molar-refractivity contribution in [1.29, 1.82) is 0 Å². The maximum Gasteiger partial charge on any atom is 0.225 e. The highest BCUT2D eigenvalue weighted by molar-refractivity contribution is 7.89. The molecule has 7 heteroatoms. The third-order valence-electron chi connectivity index (χ3n) is 4.29. The van der Waals surface area contributed by atoms with Crippen LogP contribution in [0, 0.1) is 25.7 Å². The first-order valence-corrected chi connectivity index (χ1v) is 9.96. The van der Waals surface area contributed by atoms with Gasteiger partial charge in [-0.2, -0.15) is 0 Å². The predicted molar refractivity (Wildman–Crippen MR) is 93.0 cm³/mol. The summed E-state index contributed by atoms with van der Waals surface area (Å²) in [7, 11) is -3.43. The zero-order chi connectivity index (χ0) is 17.2. The Kier molecular flexibility index (Phi) is 5.62. The smallest absolute Gasteiger partial charge is 0.225 e. The summed E-state index contributed by atoms with van der Waals surface area (Å²) in [5.41, 5.74) is 3.27. The van der Waals surface area contributed by atoms with E-state index in [1.165, 1.54) is 5.56 Å². The van der Waals surface area contributed by atoms with Gasteiger partial charge in [-0.25, -0.2) is 23.5 Å². The van der Waals surface area contributed by atoms with Gasteiger partial charge in [0, 0.05) is 24.5 Å². The number of nitrogens with zero attached hydrogens (tertiary/aromatic N) is 3. The number of aryl methyl sites for hydroxylation is 2. The van der Waals surface area contributed by atoms with Gasteiger partial charge in [-0.05, 0) is 50.5 Å². The summed E-state index contributed by atoms with van der Waals surface area (Å²) in [6, 6.07) is 0. The zero-order valence-corrected chi connectivity index (χ0v) is 15.4. The SMILES string of the molecule is Cc1nc(N2CCCC(CS(N)(=O)=O)C2)nc(C)c1CC(C)C. The van der Waals surface area contributed by atoms with Crippen molar-refractivity contribution in [3.8, 4) is 0 Å². The molecule has 130 valence electrons. The largest absolute Gasteiger partial charge is 0.341 e. The van der Waals surface area contributed by atoms with E-state index in [1.807, 2.05) is 13.8 Å². The quantitative estimate of drug-likeness (QED) is 0.883. The maximum absolute atomic E-state index is 11.3. The summed E-state index contributed by atoms with van der Waals surface area (Å²) in [6.45, 7) is 9.95. The first-order valence-electron chi connectivity index (χ1n) is 8.25. The van der Waals surface area contributed by atoms with E-state index >= 15 is 0 Å². The number of aromatic nitrogens is 2. The highest BCUT2D eigenvalue weighted by Crippen LogP contribution is 2.24. The first kappa shape index (κ1) is 18.1. The van der Waals surface area contributed by atoms with Gasteiger partial charge in [0.25, 0.3) is 0 Å². The van der Waals surface area contributed by atoms with Gasteiger partial charge in [-0.1, -0.05) is 13.8 Å². The lowest BCUT2D eigenvalue weighted by atomic mass is 9.99. The van der Waals surface area contributed by atoms with Gasteiger partial charge in [0.2, 0.25) is 16.0 Å². The third-order valence-corrected chi connectivity index (χ3v) is 5.23. The zero-order valence-electron chi connectivity index (χ0n) is 14.5. The molecule has 23 heavy (non-hydrogen) atoms. The Balaban J connectivity index is 2.18. The molecular formula is C16H28N4O2S. The Morgan fingerprint density at radius 2 is 1.87 bits per heavy atom. The van der Waals surface area contributed by atoms with Crippen LogP contribution in [0.15, 0.2) is 0 Å². The van der Waals surface area contributed by atoms with Crippen molar-refractivity contribution in [3.63, 3.8) is 0 Å². The number of hydrogen-bond acceptors (Lipinski definition) is 5. The summed E-state index contributed by atoms with van der Waals surface area (Å²) < 4.78 is 22.7. The predicted octanol–water partition coefficient (Wildman–Crippen LogP) is 1.80. The monoisotopic (exact) mass is 340 g/mol. The highest BCUT2D eigenvalue weighted by atomic mass is 32.2. The van der Waals surface area contributed by atoms with Crippen LogP contribution >= 0.6 is 0 Å². The van der Waals surface area contributed by atoms with E-state index in [0.717, 1.165) is 37.2 Å². The number of hydrogen-bond donors (Lipinski definition) is 1. The molecule has 1 aliphatic rings. The fourth-order valence-corrected chi connectivity index (χ4v) is 4.21. The minimum absolute atomic E-state index is 0.0346. The Labute approximate surface area is 139 Å². The maximum atomic E-state index is 11.3. The van der Waals surface area contributed by atoms with Crippen molar-refractivity contribution in [2.75, 3.05) is 23.7 Å². The molecule has 2 N–H and O–H groups in total. The van der Waals surface area contributed by atoms with Gasteiger partial charge >= 0.3 is 0 Å². The van der Waals surface area contributed by atoms with Crippen molar-refractivity contribution in [3.05, 3.63) is 17.0 Å². The molecule has 0 bridgehead atoms. The van der Waals surface area contributed by atoms with Gasteiger partial charge in [0.1, 0.15) is 0 Å². The van der Waals surface area contributed by atoms with E-state index < -0.39 is 10.0 Å². The second-order valence-corrected chi connectivity index (χ2v) is 8.71. The molecule has 2 heterocycles. The molecule has 1 aromatic rings. The Morgan fingerprint density at radius 1 is 1.26 bits per heavy atom. The summed E-state index contributed by atoms with van der Waals surface area (Å²) in [4.78, 5) is 11.4. The molecule has 0 spiro atoms. The van der Waals surface area contributed by atoms with E-state index in [0.29, 0.717) is 18.4 Å². The molecule has 0 aromatic carbocycles. The number of primary sulfonamides is 1. The number of nitrogens with two attached hydrogens (primary N) is 1. The third kappa shape index (κ3) is 5.14. The topological polar surface area (TPSA) is 89.2 Å².